The molecule has 2 aromatic rings. The van der Waals surface area contributed by atoms with Gasteiger partial charge in [-0.05, 0) is 25.5 Å². The summed E-state index contributed by atoms with van der Waals surface area (Å²) < 4.78 is 5.43. The summed E-state index contributed by atoms with van der Waals surface area (Å²) in [6.45, 7) is 5.50. The van der Waals surface area contributed by atoms with Crippen molar-refractivity contribution in [3.8, 4) is 0 Å². The van der Waals surface area contributed by atoms with Crippen LogP contribution in [-0.2, 0) is 11.3 Å². The maximum absolute atomic E-state index is 6.34. The summed E-state index contributed by atoms with van der Waals surface area (Å²) >= 11 is 6.34. The number of aromatic amines is 1. The average molecular weight is 281 g/mol. The highest BCUT2D eigenvalue weighted by atomic mass is 35.5. The van der Waals surface area contributed by atoms with E-state index < -0.39 is 0 Å². The van der Waals surface area contributed by atoms with Crippen LogP contribution in [0, 0.1) is 0 Å². The Hall–Kier alpha value is -1.03. The number of hydrogen-bond donors (Lipinski definition) is 2. The Labute approximate surface area is 119 Å². The smallest absolute Gasteiger partial charge is 0.0705 e. The quantitative estimate of drug-likeness (QED) is 0.723. The fraction of sp³-hybridized carbons (Fsp3) is 0.467. The number of ether oxygens (including phenoxy) is 1. The van der Waals surface area contributed by atoms with Crippen molar-refractivity contribution >= 4 is 22.5 Å². The average Bonchev–Trinajstić information content (AvgIpc) is 2.75. The minimum absolute atomic E-state index is 0.765. The third-order valence-corrected chi connectivity index (χ3v) is 3.44. The minimum Gasteiger partial charge on any atom is -0.381 e. The summed E-state index contributed by atoms with van der Waals surface area (Å²) in [5.74, 6) is 0. The van der Waals surface area contributed by atoms with Gasteiger partial charge in [-0.15, -0.1) is 0 Å². The Morgan fingerprint density at radius 1 is 1.26 bits per heavy atom. The van der Waals surface area contributed by atoms with Crippen molar-refractivity contribution in [2.75, 3.05) is 19.8 Å². The highest BCUT2D eigenvalue weighted by Gasteiger charge is 2.07. The molecule has 3 nitrogen and oxygen atoms in total. The Morgan fingerprint density at radius 3 is 2.89 bits per heavy atom. The Balaban J connectivity index is 1.77. The lowest BCUT2D eigenvalue weighted by Gasteiger charge is -2.04. The van der Waals surface area contributed by atoms with Gasteiger partial charge in [0.2, 0.25) is 0 Å². The monoisotopic (exact) mass is 280 g/mol. The molecule has 0 fully saturated rings. The second-order valence-corrected chi connectivity index (χ2v) is 4.98. The van der Waals surface area contributed by atoms with Crippen LogP contribution in [0.5, 0.6) is 0 Å². The Bertz CT molecular complexity index is 510. The van der Waals surface area contributed by atoms with Gasteiger partial charge in [0.25, 0.3) is 0 Å². The number of nitrogens with one attached hydrogen (secondary N) is 2. The zero-order valence-corrected chi connectivity index (χ0v) is 12.1. The van der Waals surface area contributed by atoms with Crippen molar-refractivity contribution in [1.82, 2.24) is 10.3 Å². The van der Waals surface area contributed by atoms with E-state index in [9.17, 15) is 0 Å². The molecule has 0 amide bonds. The van der Waals surface area contributed by atoms with Crippen LogP contribution in [0.3, 0.4) is 0 Å². The van der Waals surface area contributed by atoms with Crippen molar-refractivity contribution in [1.29, 1.82) is 0 Å². The van der Waals surface area contributed by atoms with Gasteiger partial charge in [0.1, 0.15) is 0 Å². The van der Waals surface area contributed by atoms with Crippen LogP contribution in [0.4, 0.5) is 0 Å². The highest BCUT2D eigenvalue weighted by Crippen LogP contribution is 2.26. The van der Waals surface area contributed by atoms with Crippen LogP contribution >= 0.6 is 11.6 Å². The summed E-state index contributed by atoms with van der Waals surface area (Å²) in [7, 11) is 0. The predicted octanol–water partition coefficient (Wildman–Crippen LogP) is 3.73. The molecule has 0 saturated heterocycles. The van der Waals surface area contributed by atoms with E-state index >= 15 is 0 Å². The Morgan fingerprint density at radius 2 is 2.11 bits per heavy atom. The van der Waals surface area contributed by atoms with E-state index in [2.05, 4.69) is 17.2 Å². The van der Waals surface area contributed by atoms with E-state index in [-0.39, 0.29) is 0 Å². The molecule has 0 aliphatic heterocycles. The zero-order chi connectivity index (χ0) is 13.5. The molecule has 19 heavy (non-hydrogen) atoms. The number of halogens is 1. The number of H-pyrrole nitrogens is 1. The summed E-state index contributed by atoms with van der Waals surface area (Å²) in [6, 6.07) is 8.10. The molecule has 1 aromatic carbocycles. The number of para-hydroxylation sites is 1. The molecule has 2 rings (SSSR count). The third-order valence-electron chi connectivity index (χ3n) is 3.01. The first-order valence-electron chi connectivity index (χ1n) is 6.86. The van der Waals surface area contributed by atoms with Crippen LogP contribution in [0.15, 0.2) is 24.3 Å². The minimum atomic E-state index is 0.765. The van der Waals surface area contributed by atoms with E-state index in [1.165, 1.54) is 0 Å². The normalized spacial score (nSPS) is 11.3. The lowest BCUT2D eigenvalue weighted by Crippen LogP contribution is -2.16. The van der Waals surface area contributed by atoms with Crippen molar-refractivity contribution in [2.45, 2.75) is 26.3 Å². The predicted molar refractivity (Wildman–Crippen MR) is 80.7 cm³/mol. The van der Waals surface area contributed by atoms with E-state index in [4.69, 9.17) is 16.3 Å². The standard InChI is InChI=1S/C15H21ClN2O/c1-2-9-19-10-5-8-17-11-14-15(16)12-6-3-4-7-13(12)18-14/h3-4,6-7,17-18H,2,5,8-11H2,1H3. The molecule has 104 valence electrons. The van der Waals surface area contributed by atoms with E-state index in [1.807, 2.05) is 24.3 Å². The first-order valence-corrected chi connectivity index (χ1v) is 7.24. The van der Waals surface area contributed by atoms with Gasteiger partial charge < -0.3 is 15.0 Å². The maximum atomic E-state index is 6.34. The van der Waals surface area contributed by atoms with Crippen molar-refractivity contribution in [3.05, 3.63) is 35.0 Å². The molecule has 1 heterocycles. The fourth-order valence-electron chi connectivity index (χ4n) is 2.04. The van der Waals surface area contributed by atoms with Gasteiger partial charge in [0.05, 0.1) is 5.02 Å². The molecule has 0 aliphatic carbocycles. The largest absolute Gasteiger partial charge is 0.381 e. The molecule has 1 aromatic heterocycles. The van der Waals surface area contributed by atoms with Gasteiger partial charge in [0.15, 0.2) is 0 Å². The van der Waals surface area contributed by atoms with Crippen molar-refractivity contribution < 1.29 is 4.74 Å². The molecule has 0 bridgehead atoms. The van der Waals surface area contributed by atoms with Gasteiger partial charge >= 0.3 is 0 Å². The summed E-state index contributed by atoms with van der Waals surface area (Å²) in [5, 5.41) is 5.30. The topological polar surface area (TPSA) is 37.0 Å². The molecule has 4 heteroatoms. The van der Waals surface area contributed by atoms with Crippen LogP contribution in [0.2, 0.25) is 5.02 Å². The molecule has 0 spiro atoms. The fourth-order valence-corrected chi connectivity index (χ4v) is 2.32. The van der Waals surface area contributed by atoms with E-state index in [0.29, 0.717) is 0 Å². The van der Waals surface area contributed by atoms with Crippen LogP contribution in [0.25, 0.3) is 10.9 Å². The maximum Gasteiger partial charge on any atom is 0.0705 e. The number of rotatable bonds is 8. The zero-order valence-electron chi connectivity index (χ0n) is 11.3. The van der Waals surface area contributed by atoms with Crippen LogP contribution in [0.1, 0.15) is 25.5 Å². The molecule has 0 radical (unpaired) electrons. The van der Waals surface area contributed by atoms with E-state index in [1.54, 1.807) is 0 Å². The van der Waals surface area contributed by atoms with Gasteiger partial charge in [-0.3, -0.25) is 0 Å². The summed E-state index contributed by atoms with van der Waals surface area (Å²) in [5.41, 5.74) is 2.15. The number of aromatic nitrogens is 1. The molecule has 2 N–H and O–H groups in total. The molecule has 0 unspecified atom stereocenters. The number of fused-ring (bicyclic) bond motifs is 1. The second kappa shape index (κ2) is 7.53. The highest BCUT2D eigenvalue weighted by molar-refractivity contribution is 6.36. The lowest BCUT2D eigenvalue weighted by molar-refractivity contribution is 0.132. The van der Waals surface area contributed by atoms with Crippen LogP contribution < -0.4 is 5.32 Å². The number of hydrogen-bond acceptors (Lipinski definition) is 2. The van der Waals surface area contributed by atoms with Gasteiger partial charge in [-0.2, -0.15) is 0 Å². The first-order chi connectivity index (χ1) is 9.33. The summed E-state index contributed by atoms with van der Waals surface area (Å²) in [4.78, 5) is 3.35. The molecule has 0 aliphatic rings. The molecular formula is C15H21ClN2O. The van der Waals surface area contributed by atoms with Gasteiger partial charge in [-0.25, -0.2) is 0 Å². The third kappa shape index (κ3) is 3.96. The SMILES string of the molecule is CCCOCCCNCc1[nH]c2ccccc2c1Cl. The van der Waals surface area contributed by atoms with E-state index in [0.717, 1.165) is 60.8 Å². The van der Waals surface area contributed by atoms with Crippen molar-refractivity contribution in [2.24, 2.45) is 0 Å². The second-order valence-electron chi connectivity index (χ2n) is 4.61. The molecule has 0 saturated carbocycles. The first kappa shape index (κ1) is 14.4. The molecule has 0 atom stereocenters. The van der Waals surface area contributed by atoms with Crippen molar-refractivity contribution in [3.63, 3.8) is 0 Å². The Kier molecular flexibility index (Phi) is 5.70. The van der Waals surface area contributed by atoms with Gasteiger partial charge in [0, 0.05) is 36.4 Å². The number of benzene rings is 1. The van der Waals surface area contributed by atoms with Crippen LogP contribution in [-0.4, -0.2) is 24.7 Å². The molecular weight excluding hydrogens is 260 g/mol. The van der Waals surface area contributed by atoms with Gasteiger partial charge in [-0.1, -0.05) is 36.7 Å². The summed E-state index contributed by atoms with van der Waals surface area (Å²) in [6.07, 6.45) is 2.11. The lowest BCUT2D eigenvalue weighted by atomic mass is 10.2.